The van der Waals surface area contributed by atoms with Crippen LogP contribution in [0.5, 0.6) is 0 Å². The van der Waals surface area contributed by atoms with Crippen LogP contribution in [0.15, 0.2) is 22.5 Å². The van der Waals surface area contributed by atoms with Crippen molar-refractivity contribution in [1.29, 1.82) is 15.8 Å². The molecule has 1 heterocycles. The molecule has 1 rings (SSSR count). The monoisotopic (exact) mass is 171 g/mol. The highest BCUT2D eigenvalue weighted by Gasteiger charge is 2.22. The largest absolute Gasteiger partial charge is 0.486 e. The predicted molar refractivity (Wildman–Crippen MR) is 42.5 cm³/mol. The Morgan fingerprint density at radius 1 is 1.31 bits per heavy atom. The zero-order chi connectivity index (χ0) is 9.84. The summed E-state index contributed by atoms with van der Waals surface area (Å²) in [6, 6.07) is 5.28. The fraction of sp³-hybridized carbons (Fsp3) is 0.222. The van der Waals surface area contributed by atoms with Crippen LogP contribution in [0.25, 0.3) is 0 Å². The van der Waals surface area contributed by atoms with E-state index in [0.29, 0.717) is 5.57 Å². The van der Waals surface area contributed by atoms with Crippen molar-refractivity contribution in [2.75, 3.05) is 6.61 Å². The second kappa shape index (κ2) is 3.43. The highest BCUT2D eigenvalue weighted by atomic mass is 16.5. The van der Waals surface area contributed by atoms with Crippen LogP contribution in [0.4, 0.5) is 0 Å². The van der Waals surface area contributed by atoms with Crippen LogP contribution in [0.1, 0.15) is 6.92 Å². The molecule has 4 heteroatoms. The van der Waals surface area contributed by atoms with E-state index in [1.54, 1.807) is 19.1 Å². The van der Waals surface area contributed by atoms with E-state index >= 15 is 0 Å². The van der Waals surface area contributed by atoms with Crippen LogP contribution in [0, 0.1) is 34.0 Å². The van der Waals surface area contributed by atoms with E-state index in [1.165, 1.54) is 0 Å². The topological polar surface area (TPSA) is 80.6 Å². The molecule has 1 aliphatic heterocycles. The summed E-state index contributed by atoms with van der Waals surface area (Å²) in [4.78, 5) is 0. The first-order valence-corrected chi connectivity index (χ1v) is 3.52. The molecule has 0 saturated carbocycles. The molecule has 0 spiro atoms. The standard InChI is InChI=1S/C9H5N3O/c1-6-5-13-9(8(6)4-12)7(2-10)3-11/h5H2,1H3. The van der Waals surface area contributed by atoms with E-state index in [4.69, 9.17) is 20.5 Å². The highest BCUT2D eigenvalue weighted by molar-refractivity contribution is 5.54. The maximum Gasteiger partial charge on any atom is 0.172 e. The minimum atomic E-state index is -0.145. The summed E-state index contributed by atoms with van der Waals surface area (Å²) in [7, 11) is 0. The Morgan fingerprint density at radius 2 is 1.92 bits per heavy atom. The van der Waals surface area contributed by atoms with Gasteiger partial charge in [0.2, 0.25) is 0 Å². The number of rotatable bonds is 0. The fourth-order valence-electron chi connectivity index (χ4n) is 0.988. The Balaban J connectivity index is 3.30. The highest BCUT2D eigenvalue weighted by Crippen LogP contribution is 2.26. The van der Waals surface area contributed by atoms with Crippen LogP contribution < -0.4 is 0 Å². The van der Waals surface area contributed by atoms with Crippen LogP contribution in [-0.4, -0.2) is 6.61 Å². The lowest BCUT2D eigenvalue weighted by atomic mass is 10.1. The maximum atomic E-state index is 8.71. The smallest absolute Gasteiger partial charge is 0.172 e. The molecule has 0 radical (unpaired) electrons. The lowest BCUT2D eigenvalue weighted by molar-refractivity contribution is 0.270. The van der Waals surface area contributed by atoms with Crippen molar-refractivity contribution >= 4 is 0 Å². The normalized spacial score (nSPS) is 14.2. The van der Waals surface area contributed by atoms with Crippen molar-refractivity contribution in [2.45, 2.75) is 6.92 Å². The summed E-state index contributed by atoms with van der Waals surface area (Å²) in [6.45, 7) is 2.02. The SMILES string of the molecule is CC1=C(C#N)C(=C(C#N)C#N)OC1. The number of allylic oxidation sites excluding steroid dienone is 2. The van der Waals surface area contributed by atoms with Crippen molar-refractivity contribution in [3.63, 3.8) is 0 Å². The third-order valence-corrected chi connectivity index (χ3v) is 1.65. The number of hydrogen-bond donors (Lipinski definition) is 0. The molecule has 0 unspecified atom stereocenters. The Kier molecular flexibility index (Phi) is 2.33. The molecule has 0 aliphatic carbocycles. The number of hydrogen-bond acceptors (Lipinski definition) is 4. The van der Waals surface area contributed by atoms with Gasteiger partial charge in [-0.2, -0.15) is 15.8 Å². The van der Waals surface area contributed by atoms with Crippen molar-refractivity contribution in [2.24, 2.45) is 0 Å². The number of nitriles is 3. The zero-order valence-corrected chi connectivity index (χ0v) is 6.96. The zero-order valence-electron chi connectivity index (χ0n) is 6.96. The van der Waals surface area contributed by atoms with Gasteiger partial charge in [0.15, 0.2) is 11.3 Å². The Morgan fingerprint density at radius 3 is 2.38 bits per heavy atom. The van der Waals surface area contributed by atoms with Gasteiger partial charge in [0.25, 0.3) is 0 Å². The molecule has 0 aromatic rings. The minimum Gasteiger partial charge on any atom is -0.486 e. The van der Waals surface area contributed by atoms with Crippen molar-refractivity contribution in [3.05, 3.63) is 22.5 Å². The molecule has 0 bridgehead atoms. The number of ether oxygens (including phenoxy) is 1. The second-order valence-electron chi connectivity index (χ2n) is 2.48. The lowest BCUT2D eigenvalue weighted by Crippen LogP contribution is -1.89. The Bertz CT molecular complexity index is 407. The molecule has 0 amide bonds. The lowest BCUT2D eigenvalue weighted by Gasteiger charge is -1.96. The summed E-state index contributed by atoms with van der Waals surface area (Å²) < 4.78 is 5.05. The van der Waals surface area contributed by atoms with Gasteiger partial charge in [0.1, 0.15) is 24.8 Å². The van der Waals surface area contributed by atoms with Crippen LogP contribution in [0.3, 0.4) is 0 Å². The van der Waals surface area contributed by atoms with Gasteiger partial charge >= 0.3 is 0 Å². The van der Waals surface area contributed by atoms with Gasteiger partial charge in [-0.15, -0.1) is 0 Å². The summed E-state index contributed by atoms with van der Waals surface area (Å²) in [5.74, 6) is 0.116. The molecule has 0 saturated heterocycles. The van der Waals surface area contributed by atoms with Crippen molar-refractivity contribution in [1.82, 2.24) is 0 Å². The van der Waals surface area contributed by atoms with Crippen molar-refractivity contribution in [3.8, 4) is 18.2 Å². The van der Waals surface area contributed by atoms with E-state index < -0.39 is 0 Å². The second-order valence-corrected chi connectivity index (χ2v) is 2.48. The molecule has 1 aliphatic rings. The van der Waals surface area contributed by atoms with Crippen LogP contribution in [0.2, 0.25) is 0 Å². The molecule has 0 fully saturated rings. The van der Waals surface area contributed by atoms with E-state index in [-0.39, 0.29) is 17.9 Å². The van der Waals surface area contributed by atoms with Gasteiger partial charge in [0, 0.05) is 0 Å². The molecule has 0 aromatic heterocycles. The van der Waals surface area contributed by atoms with Crippen molar-refractivity contribution < 1.29 is 4.74 Å². The van der Waals surface area contributed by atoms with Gasteiger partial charge in [-0.1, -0.05) is 0 Å². The van der Waals surface area contributed by atoms with Gasteiger partial charge in [0.05, 0.1) is 5.57 Å². The van der Waals surface area contributed by atoms with E-state index in [2.05, 4.69) is 0 Å². The predicted octanol–water partition coefficient (Wildman–Crippen LogP) is 1.16. The van der Waals surface area contributed by atoms with E-state index in [0.717, 1.165) is 5.57 Å². The van der Waals surface area contributed by atoms with Crippen LogP contribution >= 0.6 is 0 Å². The molecule has 13 heavy (non-hydrogen) atoms. The summed E-state index contributed by atoms with van der Waals surface area (Å²) in [5, 5.41) is 25.8. The molecule has 62 valence electrons. The molecule has 0 aromatic carbocycles. The van der Waals surface area contributed by atoms with Gasteiger partial charge in [-0.05, 0) is 12.5 Å². The quantitative estimate of drug-likeness (QED) is 0.512. The van der Waals surface area contributed by atoms with Gasteiger partial charge in [-0.25, -0.2) is 0 Å². The number of nitrogens with zero attached hydrogens (tertiary/aromatic N) is 3. The average Bonchev–Trinajstić information content (AvgIpc) is 2.50. The molecular weight excluding hydrogens is 166 g/mol. The Labute approximate surface area is 75.6 Å². The summed E-state index contributed by atoms with van der Waals surface area (Å²) >= 11 is 0. The molecular formula is C9H5N3O. The molecule has 0 atom stereocenters. The summed E-state index contributed by atoms with van der Waals surface area (Å²) in [5.41, 5.74) is 0.909. The van der Waals surface area contributed by atoms with Gasteiger partial charge in [-0.3, -0.25) is 0 Å². The molecule has 0 N–H and O–H groups in total. The first-order chi connectivity index (χ1) is 6.24. The average molecular weight is 171 g/mol. The molecule has 4 nitrogen and oxygen atoms in total. The fourth-order valence-corrected chi connectivity index (χ4v) is 0.988. The van der Waals surface area contributed by atoms with Crippen LogP contribution in [-0.2, 0) is 4.74 Å². The Hall–Kier alpha value is -2.25. The minimum absolute atomic E-state index is 0.116. The van der Waals surface area contributed by atoms with Gasteiger partial charge < -0.3 is 4.74 Å². The summed E-state index contributed by atoms with van der Waals surface area (Å²) in [6.07, 6.45) is 0. The first kappa shape index (κ1) is 8.84. The third kappa shape index (κ3) is 1.36. The van der Waals surface area contributed by atoms with E-state index in [9.17, 15) is 0 Å². The van der Waals surface area contributed by atoms with E-state index in [1.807, 2.05) is 6.07 Å². The third-order valence-electron chi connectivity index (χ3n) is 1.65. The first-order valence-electron chi connectivity index (χ1n) is 3.52. The maximum absolute atomic E-state index is 8.71.